The number of hydrogen-bond donors (Lipinski definition) is 2. The fourth-order valence-electron chi connectivity index (χ4n) is 3.62. The molecule has 1 amide bonds. The lowest BCUT2D eigenvalue weighted by Crippen LogP contribution is -2.40. The summed E-state index contributed by atoms with van der Waals surface area (Å²) in [4.78, 5) is 22.8. The van der Waals surface area contributed by atoms with Crippen LogP contribution >= 0.6 is 12.4 Å². The van der Waals surface area contributed by atoms with E-state index in [4.69, 9.17) is 4.74 Å². The number of benzene rings is 1. The first kappa shape index (κ1) is 21.1. The van der Waals surface area contributed by atoms with Gasteiger partial charge in [-0.1, -0.05) is 26.0 Å². The zero-order valence-corrected chi connectivity index (χ0v) is 17.8. The third-order valence-electron chi connectivity index (χ3n) is 5.25. The van der Waals surface area contributed by atoms with Crippen molar-refractivity contribution >= 4 is 40.7 Å². The number of carbonyl (C=O) groups is 1. The number of amides is 1. The summed E-state index contributed by atoms with van der Waals surface area (Å²) in [6, 6.07) is 8.34. The highest BCUT2D eigenvalue weighted by Crippen LogP contribution is 2.30. The number of H-pyrrole nitrogens is 1. The second-order valence-corrected chi connectivity index (χ2v) is 7.55. The normalized spacial score (nSPS) is 14.1. The van der Waals surface area contributed by atoms with E-state index >= 15 is 0 Å². The maximum atomic E-state index is 13.0. The average molecular weight is 415 g/mol. The largest absolute Gasteiger partial charge is 0.378 e. The van der Waals surface area contributed by atoms with Gasteiger partial charge in [-0.05, 0) is 36.1 Å². The van der Waals surface area contributed by atoms with Crippen molar-refractivity contribution in [1.82, 2.24) is 14.9 Å². The quantitative estimate of drug-likeness (QED) is 0.652. The number of pyridine rings is 1. The Morgan fingerprint density at radius 2 is 2.03 bits per heavy atom. The standard InChI is InChI=1S/C22H26N4O2.ClH/c1-14(2)16-5-4-6-17(11-16)25-21-20-19(15(3)12-23-20)18(13-24-21)22(27)26-7-9-28-10-8-26;/h4-6,11-14,23H,7-10H2,1-3H3,(H,24,25);1H. The number of anilines is 2. The minimum absolute atomic E-state index is 0. The van der Waals surface area contributed by atoms with Crippen LogP contribution in [0.1, 0.15) is 41.3 Å². The van der Waals surface area contributed by atoms with Crippen LogP contribution in [0.4, 0.5) is 11.5 Å². The van der Waals surface area contributed by atoms with Gasteiger partial charge in [0.15, 0.2) is 5.82 Å². The highest BCUT2D eigenvalue weighted by Gasteiger charge is 2.23. The van der Waals surface area contributed by atoms with Crippen LogP contribution in [0.2, 0.25) is 0 Å². The predicted octanol–water partition coefficient (Wildman–Crippen LogP) is 4.63. The number of morpholine rings is 1. The number of rotatable bonds is 4. The van der Waals surface area contributed by atoms with Crippen molar-refractivity contribution in [2.24, 2.45) is 0 Å². The van der Waals surface area contributed by atoms with Crippen LogP contribution < -0.4 is 5.32 Å². The summed E-state index contributed by atoms with van der Waals surface area (Å²) in [7, 11) is 0. The summed E-state index contributed by atoms with van der Waals surface area (Å²) in [6.07, 6.45) is 3.62. The lowest BCUT2D eigenvalue weighted by atomic mass is 10.0. The Morgan fingerprint density at radius 1 is 1.28 bits per heavy atom. The average Bonchev–Trinajstić information content (AvgIpc) is 3.11. The van der Waals surface area contributed by atoms with E-state index in [1.165, 1.54) is 5.56 Å². The molecule has 154 valence electrons. The van der Waals surface area contributed by atoms with Gasteiger partial charge < -0.3 is 19.9 Å². The van der Waals surface area contributed by atoms with Crippen molar-refractivity contribution in [2.45, 2.75) is 26.7 Å². The third-order valence-corrected chi connectivity index (χ3v) is 5.25. The van der Waals surface area contributed by atoms with Gasteiger partial charge in [-0.25, -0.2) is 4.98 Å². The Balaban J connectivity index is 0.00000240. The second-order valence-electron chi connectivity index (χ2n) is 7.55. The van der Waals surface area contributed by atoms with Crippen molar-refractivity contribution in [3.05, 3.63) is 53.3 Å². The molecule has 0 unspecified atom stereocenters. The van der Waals surface area contributed by atoms with Crippen LogP contribution in [0.5, 0.6) is 0 Å². The molecule has 1 fully saturated rings. The van der Waals surface area contributed by atoms with Crippen LogP contribution in [0.3, 0.4) is 0 Å². The molecule has 0 atom stereocenters. The van der Waals surface area contributed by atoms with E-state index < -0.39 is 0 Å². The van der Waals surface area contributed by atoms with E-state index in [-0.39, 0.29) is 18.3 Å². The number of nitrogens with one attached hydrogen (secondary N) is 2. The zero-order chi connectivity index (χ0) is 19.7. The summed E-state index contributed by atoms with van der Waals surface area (Å²) in [6.45, 7) is 8.77. The van der Waals surface area contributed by atoms with Gasteiger partial charge >= 0.3 is 0 Å². The number of aryl methyl sites for hydroxylation is 1. The maximum Gasteiger partial charge on any atom is 0.256 e. The van der Waals surface area contributed by atoms with Crippen molar-refractivity contribution < 1.29 is 9.53 Å². The summed E-state index contributed by atoms with van der Waals surface area (Å²) in [5.41, 5.74) is 4.78. The summed E-state index contributed by atoms with van der Waals surface area (Å²) < 4.78 is 5.37. The van der Waals surface area contributed by atoms with Gasteiger partial charge in [-0.3, -0.25) is 4.79 Å². The lowest BCUT2D eigenvalue weighted by molar-refractivity contribution is 0.0304. The van der Waals surface area contributed by atoms with E-state index in [1.54, 1.807) is 6.20 Å². The molecule has 0 saturated carbocycles. The van der Waals surface area contributed by atoms with Gasteiger partial charge in [0.05, 0.1) is 24.3 Å². The van der Waals surface area contributed by atoms with Gasteiger partial charge in [0.2, 0.25) is 0 Å². The Hall–Kier alpha value is -2.57. The summed E-state index contributed by atoms with van der Waals surface area (Å²) >= 11 is 0. The molecule has 1 aromatic carbocycles. The lowest BCUT2D eigenvalue weighted by Gasteiger charge is -2.27. The maximum absolute atomic E-state index is 13.0. The molecular formula is C22H27ClN4O2. The molecule has 2 N–H and O–H groups in total. The third kappa shape index (κ3) is 4.23. The van der Waals surface area contributed by atoms with Gasteiger partial charge in [0.1, 0.15) is 0 Å². The Kier molecular flexibility index (Phi) is 6.45. The molecule has 1 aliphatic heterocycles. The van der Waals surface area contributed by atoms with E-state index in [1.807, 2.05) is 30.2 Å². The Labute approximate surface area is 177 Å². The number of fused-ring (bicyclic) bond motifs is 1. The summed E-state index contributed by atoms with van der Waals surface area (Å²) in [5, 5.41) is 4.34. The smallest absolute Gasteiger partial charge is 0.256 e. The van der Waals surface area contributed by atoms with Crippen LogP contribution in [-0.4, -0.2) is 47.1 Å². The van der Waals surface area contributed by atoms with E-state index in [2.05, 4.69) is 41.3 Å². The van der Waals surface area contributed by atoms with Gasteiger partial charge in [-0.15, -0.1) is 12.4 Å². The highest BCUT2D eigenvalue weighted by atomic mass is 35.5. The van der Waals surface area contributed by atoms with Crippen molar-refractivity contribution in [3.63, 3.8) is 0 Å². The first-order valence-electron chi connectivity index (χ1n) is 9.75. The Bertz CT molecular complexity index is 1010. The fourth-order valence-corrected chi connectivity index (χ4v) is 3.62. The molecule has 3 heterocycles. The molecule has 1 aliphatic rings. The van der Waals surface area contributed by atoms with Crippen LogP contribution in [0.25, 0.3) is 10.9 Å². The number of ether oxygens (including phenoxy) is 1. The topological polar surface area (TPSA) is 70.2 Å². The van der Waals surface area contributed by atoms with Crippen molar-refractivity contribution in [3.8, 4) is 0 Å². The number of hydrogen-bond acceptors (Lipinski definition) is 4. The molecule has 1 saturated heterocycles. The molecule has 0 spiro atoms. The SMILES string of the molecule is Cc1c[nH]c2c(Nc3cccc(C(C)C)c3)ncc(C(=O)N3CCOCC3)c12.Cl. The van der Waals surface area contributed by atoms with Crippen LogP contribution in [0, 0.1) is 6.92 Å². The summed E-state index contributed by atoms with van der Waals surface area (Å²) in [5.74, 6) is 1.19. The number of aromatic amines is 1. The monoisotopic (exact) mass is 414 g/mol. The second kappa shape index (κ2) is 8.84. The van der Waals surface area contributed by atoms with E-state index in [0.717, 1.165) is 28.0 Å². The molecule has 4 rings (SSSR count). The minimum atomic E-state index is 0. The molecule has 6 nitrogen and oxygen atoms in total. The number of nitrogens with zero attached hydrogens (tertiary/aromatic N) is 2. The number of carbonyl (C=O) groups excluding carboxylic acids is 1. The van der Waals surface area contributed by atoms with E-state index in [0.29, 0.717) is 37.8 Å². The van der Waals surface area contributed by atoms with Gasteiger partial charge in [0.25, 0.3) is 5.91 Å². The molecular weight excluding hydrogens is 388 g/mol. The van der Waals surface area contributed by atoms with Crippen molar-refractivity contribution in [1.29, 1.82) is 0 Å². The number of aromatic nitrogens is 2. The van der Waals surface area contributed by atoms with Crippen molar-refractivity contribution in [2.75, 3.05) is 31.6 Å². The molecule has 29 heavy (non-hydrogen) atoms. The van der Waals surface area contributed by atoms with E-state index in [9.17, 15) is 4.79 Å². The highest BCUT2D eigenvalue weighted by molar-refractivity contribution is 6.10. The van der Waals surface area contributed by atoms with Gasteiger partial charge in [0, 0.05) is 36.6 Å². The molecule has 7 heteroatoms. The zero-order valence-electron chi connectivity index (χ0n) is 17.0. The van der Waals surface area contributed by atoms with Crippen LogP contribution in [0.15, 0.2) is 36.7 Å². The van der Waals surface area contributed by atoms with Crippen LogP contribution in [-0.2, 0) is 4.74 Å². The molecule has 0 bridgehead atoms. The minimum Gasteiger partial charge on any atom is -0.378 e. The molecule has 0 radical (unpaired) electrons. The number of halogens is 1. The molecule has 3 aromatic rings. The fraction of sp³-hybridized carbons (Fsp3) is 0.364. The predicted molar refractivity (Wildman–Crippen MR) is 119 cm³/mol. The first-order chi connectivity index (χ1) is 13.5. The Morgan fingerprint density at radius 3 is 2.76 bits per heavy atom. The molecule has 0 aliphatic carbocycles. The van der Waals surface area contributed by atoms with Gasteiger partial charge in [-0.2, -0.15) is 0 Å². The molecule has 2 aromatic heterocycles. The first-order valence-corrected chi connectivity index (χ1v) is 9.75.